The molecular weight excluding hydrogens is 533 g/mol. The van der Waals surface area contributed by atoms with E-state index in [0.717, 1.165) is 12.1 Å². The monoisotopic (exact) mass is 551 g/mol. The second-order valence-corrected chi connectivity index (χ2v) is 9.38. The van der Waals surface area contributed by atoms with E-state index < -0.39 is 46.8 Å². The Kier molecular flexibility index (Phi) is 6.84. The van der Waals surface area contributed by atoms with Crippen LogP contribution in [-0.2, 0) is 17.5 Å². The molecule has 1 saturated heterocycles. The topological polar surface area (TPSA) is 79.5 Å². The molecule has 0 aromatic heterocycles. The highest BCUT2D eigenvalue weighted by atomic mass is 35.5. The van der Waals surface area contributed by atoms with E-state index in [1.807, 2.05) is 0 Å². The Morgan fingerprint density at radius 2 is 1.82 bits per heavy atom. The number of alkyl halides is 3. The van der Waals surface area contributed by atoms with Crippen molar-refractivity contribution in [3.05, 3.63) is 98.6 Å². The Morgan fingerprint density at radius 1 is 1.05 bits per heavy atom. The van der Waals surface area contributed by atoms with Crippen molar-refractivity contribution < 1.29 is 36.3 Å². The van der Waals surface area contributed by atoms with Gasteiger partial charge >= 0.3 is 6.18 Å². The maximum Gasteiger partial charge on any atom is 0.416 e. The molecule has 0 aliphatic carbocycles. The number of halogens is 6. The highest BCUT2D eigenvalue weighted by molar-refractivity contribution is 6.31. The van der Waals surface area contributed by atoms with Gasteiger partial charge in [0.15, 0.2) is 0 Å². The fourth-order valence-corrected chi connectivity index (χ4v) is 4.59. The van der Waals surface area contributed by atoms with Crippen LogP contribution in [-0.4, -0.2) is 31.1 Å². The number of rotatable bonds is 6. The standard InChI is InChI=1S/C26H19ClF5N3O3/c27-20-2-1-15(28)8-18(20)23-22-19(25(37)35-23)3-12(9-33-17-10-38-11-17)4-21(22)34-24(36)13-5-14(26(30,31)32)7-16(29)6-13/h1-8,17,23,33H,9-11H2,(H,34,36)(H,35,37). The summed E-state index contributed by atoms with van der Waals surface area (Å²) in [5.74, 6) is -3.39. The maximum absolute atomic E-state index is 14.1. The van der Waals surface area contributed by atoms with E-state index in [1.54, 1.807) is 12.1 Å². The summed E-state index contributed by atoms with van der Waals surface area (Å²) >= 11 is 6.28. The summed E-state index contributed by atoms with van der Waals surface area (Å²) in [5, 5.41) is 8.62. The molecule has 2 aliphatic rings. The van der Waals surface area contributed by atoms with E-state index >= 15 is 0 Å². The first-order valence-electron chi connectivity index (χ1n) is 11.4. The number of nitrogens with one attached hydrogen (secondary N) is 3. The molecule has 0 bridgehead atoms. The number of hydrogen-bond donors (Lipinski definition) is 3. The number of amides is 2. The Labute approximate surface area is 218 Å². The van der Waals surface area contributed by atoms with Crippen molar-refractivity contribution >= 4 is 29.1 Å². The number of hydrogen-bond acceptors (Lipinski definition) is 4. The van der Waals surface area contributed by atoms with Crippen molar-refractivity contribution in [3.63, 3.8) is 0 Å². The Morgan fingerprint density at radius 3 is 2.50 bits per heavy atom. The summed E-state index contributed by atoms with van der Waals surface area (Å²) in [7, 11) is 0. The van der Waals surface area contributed by atoms with Gasteiger partial charge in [-0.2, -0.15) is 13.2 Å². The average molecular weight is 552 g/mol. The van der Waals surface area contributed by atoms with Gasteiger partial charge < -0.3 is 20.7 Å². The van der Waals surface area contributed by atoms with Gasteiger partial charge in [-0.1, -0.05) is 11.6 Å². The van der Waals surface area contributed by atoms with Crippen LogP contribution in [0.25, 0.3) is 0 Å². The van der Waals surface area contributed by atoms with Crippen molar-refractivity contribution in [1.29, 1.82) is 0 Å². The predicted octanol–water partition coefficient (Wildman–Crippen LogP) is 5.21. The zero-order chi connectivity index (χ0) is 27.2. The Bertz CT molecular complexity index is 1440. The average Bonchev–Trinajstić information content (AvgIpc) is 3.15. The third-order valence-electron chi connectivity index (χ3n) is 6.29. The summed E-state index contributed by atoms with van der Waals surface area (Å²) < 4.78 is 72.8. The molecule has 2 heterocycles. The quantitative estimate of drug-likeness (QED) is 0.368. The van der Waals surface area contributed by atoms with Crippen LogP contribution in [0, 0.1) is 11.6 Å². The molecule has 6 nitrogen and oxygen atoms in total. The normalized spacial score (nSPS) is 17.1. The second-order valence-electron chi connectivity index (χ2n) is 8.97. The molecule has 2 amide bonds. The molecule has 0 spiro atoms. The molecule has 198 valence electrons. The maximum atomic E-state index is 14.1. The van der Waals surface area contributed by atoms with Gasteiger partial charge in [0.05, 0.1) is 30.9 Å². The van der Waals surface area contributed by atoms with Gasteiger partial charge in [-0.05, 0) is 54.1 Å². The summed E-state index contributed by atoms with van der Waals surface area (Å²) in [4.78, 5) is 26.0. The minimum atomic E-state index is -4.87. The lowest BCUT2D eigenvalue weighted by Gasteiger charge is -2.27. The molecule has 3 aromatic carbocycles. The molecular formula is C26H19ClF5N3O3. The third kappa shape index (κ3) is 5.22. The second kappa shape index (κ2) is 9.97. The van der Waals surface area contributed by atoms with Gasteiger partial charge in [-0.15, -0.1) is 0 Å². The molecule has 0 saturated carbocycles. The number of carbonyl (C=O) groups is 2. The summed E-state index contributed by atoms with van der Waals surface area (Å²) in [5.41, 5.74) is -0.590. The number of fused-ring (bicyclic) bond motifs is 1. The Hall–Kier alpha value is -3.54. The van der Waals surface area contributed by atoms with Gasteiger partial charge in [-0.3, -0.25) is 9.59 Å². The SMILES string of the molecule is O=C(Nc1cc(CNC2COC2)cc2c1C(c1cc(F)ccc1Cl)NC2=O)c1cc(F)cc(C(F)(F)F)c1. The smallest absolute Gasteiger partial charge is 0.378 e. The van der Waals surface area contributed by atoms with Gasteiger partial charge in [0.2, 0.25) is 0 Å². The molecule has 3 aromatic rings. The van der Waals surface area contributed by atoms with Gasteiger partial charge in [0, 0.05) is 39.5 Å². The summed E-state index contributed by atoms with van der Waals surface area (Å²) in [6, 6.07) is 7.39. The third-order valence-corrected chi connectivity index (χ3v) is 6.63. The minimum Gasteiger partial charge on any atom is -0.378 e. The van der Waals surface area contributed by atoms with Crippen molar-refractivity contribution in [2.45, 2.75) is 24.8 Å². The lowest BCUT2D eigenvalue weighted by molar-refractivity contribution is -0.137. The van der Waals surface area contributed by atoms with Gasteiger partial charge in [0.1, 0.15) is 11.6 Å². The summed E-state index contributed by atoms with van der Waals surface area (Å²) in [6.45, 7) is 1.31. The molecule has 1 unspecified atom stereocenters. The molecule has 12 heteroatoms. The van der Waals surface area contributed by atoms with E-state index in [-0.39, 0.29) is 39.5 Å². The van der Waals surface area contributed by atoms with Crippen LogP contribution in [0.3, 0.4) is 0 Å². The lowest BCUT2D eigenvalue weighted by atomic mass is 9.94. The number of ether oxygens (including phenoxy) is 1. The van der Waals surface area contributed by atoms with Gasteiger partial charge in [0.25, 0.3) is 11.8 Å². The first-order chi connectivity index (χ1) is 18.0. The van der Waals surface area contributed by atoms with Crippen molar-refractivity contribution in [1.82, 2.24) is 10.6 Å². The number of carbonyl (C=O) groups excluding carboxylic acids is 2. The number of anilines is 1. The van der Waals surface area contributed by atoms with E-state index in [0.29, 0.717) is 37.5 Å². The van der Waals surface area contributed by atoms with Crippen molar-refractivity contribution in [2.75, 3.05) is 18.5 Å². The van der Waals surface area contributed by atoms with Crippen molar-refractivity contribution in [3.8, 4) is 0 Å². The minimum absolute atomic E-state index is 0.0793. The van der Waals surface area contributed by atoms with Gasteiger partial charge in [-0.25, -0.2) is 8.78 Å². The fraction of sp³-hybridized carbons (Fsp3) is 0.231. The first kappa shape index (κ1) is 26.1. The van der Waals surface area contributed by atoms with Crippen LogP contribution in [0.2, 0.25) is 5.02 Å². The Balaban J connectivity index is 1.56. The zero-order valence-corrected chi connectivity index (χ0v) is 20.1. The molecule has 0 radical (unpaired) electrons. The van der Waals surface area contributed by atoms with E-state index in [2.05, 4.69) is 16.0 Å². The molecule has 38 heavy (non-hydrogen) atoms. The van der Waals surface area contributed by atoms with E-state index in [1.165, 1.54) is 6.07 Å². The molecule has 3 N–H and O–H groups in total. The molecule has 1 atom stereocenters. The predicted molar refractivity (Wildman–Crippen MR) is 128 cm³/mol. The van der Waals surface area contributed by atoms with Crippen LogP contribution in [0.1, 0.15) is 49.0 Å². The van der Waals surface area contributed by atoms with E-state index in [4.69, 9.17) is 16.3 Å². The molecule has 1 fully saturated rings. The first-order valence-corrected chi connectivity index (χ1v) is 11.8. The van der Waals surface area contributed by atoms with E-state index in [9.17, 15) is 31.5 Å². The highest BCUT2D eigenvalue weighted by Crippen LogP contribution is 2.40. The van der Waals surface area contributed by atoms with Crippen molar-refractivity contribution in [2.24, 2.45) is 0 Å². The zero-order valence-electron chi connectivity index (χ0n) is 19.4. The summed E-state index contributed by atoms with van der Waals surface area (Å²) in [6.07, 6.45) is -4.87. The molecule has 5 rings (SSSR count). The lowest BCUT2D eigenvalue weighted by Crippen LogP contribution is -2.45. The van der Waals surface area contributed by atoms with Crippen LogP contribution < -0.4 is 16.0 Å². The van der Waals surface area contributed by atoms with Crippen LogP contribution >= 0.6 is 11.6 Å². The largest absolute Gasteiger partial charge is 0.416 e. The number of benzene rings is 3. The molecule has 2 aliphatic heterocycles. The van der Waals surface area contributed by atoms with Crippen LogP contribution in [0.4, 0.5) is 27.6 Å². The van der Waals surface area contributed by atoms with Crippen LogP contribution in [0.15, 0.2) is 48.5 Å². The fourth-order valence-electron chi connectivity index (χ4n) is 4.36. The highest BCUT2D eigenvalue weighted by Gasteiger charge is 2.36. The van der Waals surface area contributed by atoms with Crippen LogP contribution in [0.5, 0.6) is 0 Å².